The zero-order chi connectivity index (χ0) is 16.2. The number of esters is 1. The van der Waals surface area contributed by atoms with Crippen molar-refractivity contribution in [3.63, 3.8) is 0 Å². The average Bonchev–Trinajstić information content (AvgIpc) is 2.59. The quantitative estimate of drug-likeness (QED) is 0.542. The van der Waals surface area contributed by atoms with Gasteiger partial charge in [0, 0.05) is 18.0 Å². The van der Waals surface area contributed by atoms with Crippen LogP contribution in [-0.2, 0) is 0 Å². The molecule has 2 aromatic carbocycles. The first-order chi connectivity index (χ1) is 11.1. The number of para-hydroxylation sites is 1. The van der Waals surface area contributed by atoms with Gasteiger partial charge in [-0.15, -0.1) is 0 Å². The van der Waals surface area contributed by atoms with Crippen LogP contribution in [0.2, 0.25) is 0 Å². The van der Waals surface area contributed by atoms with Gasteiger partial charge in [-0.05, 0) is 25.0 Å². The highest BCUT2D eigenvalue weighted by Crippen LogP contribution is 2.23. The lowest BCUT2D eigenvalue weighted by atomic mass is 10.1. The van der Waals surface area contributed by atoms with Crippen molar-refractivity contribution in [3.05, 3.63) is 77.6 Å². The molecule has 0 bridgehead atoms. The van der Waals surface area contributed by atoms with Gasteiger partial charge in [-0.25, -0.2) is 14.8 Å². The molecule has 1 heterocycles. The molecule has 0 unspecified atom stereocenters. The van der Waals surface area contributed by atoms with Crippen LogP contribution >= 0.6 is 0 Å². The fourth-order valence-electron chi connectivity index (χ4n) is 2.28. The van der Waals surface area contributed by atoms with Gasteiger partial charge in [-0.1, -0.05) is 48.5 Å². The number of hydrogen-bond donors (Lipinski definition) is 0. The van der Waals surface area contributed by atoms with Gasteiger partial charge in [0.25, 0.3) is 0 Å². The van der Waals surface area contributed by atoms with Crippen LogP contribution in [0.4, 0.5) is 0 Å². The van der Waals surface area contributed by atoms with Crippen LogP contribution in [0.1, 0.15) is 21.5 Å². The van der Waals surface area contributed by atoms with Crippen LogP contribution in [0.25, 0.3) is 11.4 Å². The van der Waals surface area contributed by atoms with Crippen LogP contribution in [0.5, 0.6) is 5.75 Å². The summed E-state index contributed by atoms with van der Waals surface area (Å²) in [5.41, 5.74) is 3.06. The largest absolute Gasteiger partial charge is 0.422 e. The minimum Gasteiger partial charge on any atom is -0.422 e. The van der Waals surface area contributed by atoms with Crippen LogP contribution in [0.15, 0.2) is 60.9 Å². The molecule has 0 N–H and O–H groups in total. The second-order valence-corrected chi connectivity index (χ2v) is 5.27. The molecule has 0 aliphatic rings. The molecule has 0 spiro atoms. The van der Waals surface area contributed by atoms with Gasteiger partial charge >= 0.3 is 5.97 Å². The molecule has 114 valence electrons. The second-order valence-electron chi connectivity index (χ2n) is 5.27. The molecule has 4 nitrogen and oxygen atoms in total. The summed E-state index contributed by atoms with van der Waals surface area (Å²) in [5.74, 6) is 0.709. The highest BCUT2D eigenvalue weighted by atomic mass is 16.5. The van der Waals surface area contributed by atoms with E-state index in [0.717, 1.165) is 16.7 Å². The van der Waals surface area contributed by atoms with Gasteiger partial charge in [0.1, 0.15) is 5.75 Å². The fourth-order valence-corrected chi connectivity index (χ4v) is 2.28. The lowest BCUT2D eigenvalue weighted by molar-refractivity contribution is 0.0731. The lowest BCUT2D eigenvalue weighted by Crippen LogP contribution is -2.11. The molecule has 0 radical (unpaired) electrons. The van der Waals surface area contributed by atoms with Crippen molar-refractivity contribution in [2.75, 3.05) is 0 Å². The number of ether oxygens (including phenoxy) is 1. The smallest absolute Gasteiger partial charge is 0.346 e. The maximum Gasteiger partial charge on any atom is 0.346 e. The van der Waals surface area contributed by atoms with Gasteiger partial charge in [0.05, 0.1) is 5.56 Å². The van der Waals surface area contributed by atoms with Crippen molar-refractivity contribution >= 4 is 5.97 Å². The summed E-state index contributed by atoms with van der Waals surface area (Å²) in [4.78, 5) is 20.8. The fraction of sp³-hybridized carbons (Fsp3) is 0.105. The normalized spacial score (nSPS) is 10.3. The SMILES string of the molecule is Cc1cccc(C)c1OC(=O)c1cnc(-c2ccccc2)nc1. The molecular weight excluding hydrogens is 288 g/mol. The number of rotatable bonds is 3. The number of aromatic nitrogens is 2. The van der Waals surface area contributed by atoms with Crippen LogP contribution < -0.4 is 4.74 Å². The molecule has 1 aromatic heterocycles. The highest BCUT2D eigenvalue weighted by Gasteiger charge is 2.13. The number of aryl methyl sites for hydroxylation is 2. The molecule has 0 aliphatic carbocycles. The van der Waals surface area contributed by atoms with E-state index in [1.807, 2.05) is 62.4 Å². The predicted octanol–water partition coefficient (Wildman–Crippen LogP) is 3.98. The number of carbonyl (C=O) groups excluding carboxylic acids is 1. The van der Waals surface area contributed by atoms with E-state index in [4.69, 9.17) is 4.74 Å². The van der Waals surface area contributed by atoms with Crippen molar-refractivity contribution < 1.29 is 9.53 Å². The summed E-state index contributed by atoms with van der Waals surface area (Å²) in [5, 5.41) is 0. The van der Waals surface area contributed by atoms with Crippen LogP contribution in [-0.4, -0.2) is 15.9 Å². The molecule has 0 aliphatic heterocycles. The summed E-state index contributed by atoms with van der Waals surface area (Å²) in [7, 11) is 0. The van der Waals surface area contributed by atoms with Gasteiger partial charge in [0.2, 0.25) is 0 Å². The molecule has 0 fully saturated rings. The number of carbonyl (C=O) groups is 1. The maximum atomic E-state index is 12.3. The van der Waals surface area contributed by atoms with Crippen molar-refractivity contribution in [1.29, 1.82) is 0 Å². The Bertz CT molecular complexity index is 807. The van der Waals surface area contributed by atoms with Crippen molar-refractivity contribution in [3.8, 4) is 17.1 Å². The molecule has 0 saturated heterocycles. The van der Waals surface area contributed by atoms with Gasteiger partial charge in [0.15, 0.2) is 5.82 Å². The van der Waals surface area contributed by atoms with Crippen LogP contribution in [0, 0.1) is 13.8 Å². The first-order valence-electron chi connectivity index (χ1n) is 7.31. The Labute approximate surface area is 134 Å². The van der Waals surface area contributed by atoms with E-state index in [1.165, 1.54) is 12.4 Å². The molecule has 23 heavy (non-hydrogen) atoms. The molecule has 4 heteroatoms. The summed E-state index contributed by atoms with van der Waals surface area (Å²) >= 11 is 0. The zero-order valence-corrected chi connectivity index (χ0v) is 13.0. The van der Waals surface area contributed by atoms with Gasteiger partial charge in [-0.2, -0.15) is 0 Å². The maximum absolute atomic E-state index is 12.3. The van der Waals surface area contributed by atoms with Gasteiger partial charge in [-0.3, -0.25) is 0 Å². The number of hydrogen-bond acceptors (Lipinski definition) is 4. The van der Waals surface area contributed by atoms with Crippen molar-refractivity contribution in [1.82, 2.24) is 9.97 Å². The Morgan fingerprint density at radius 1 is 0.870 bits per heavy atom. The third kappa shape index (κ3) is 3.26. The Morgan fingerprint density at radius 3 is 2.09 bits per heavy atom. The summed E-state index contributed by atoms with van der Waals surface area (Å²) < 4.78 is 5.49. The number of nitrogens with zero attached hydrogens (tertiary/aromatic N) is 2. The van der Waals surface area contributed by atoms with E-state index in [9.17, 15) is 4.79 Å². The minimum atomic E-state index is -0.456. The highest BCUT2D eigenvalue weighted by molar-refractivity contribution is 5.90. The van der Waals surface area contributed by atoms with E-state index >= 15 is 0 Å². The summed E-state index contributed by atoms with van der Waals surface area (Å²) in [6.07, 6.45) is 2.98. The first-order valence-corrected chi connectivity index (χ1v) is 7.31. The molecular formula is C19H16N2O2. The standard InChI is InChI=1S/C19H16N2O2/c1-13-7-6-8-14(2)17(13)23-19(22)16-11-20-18(21-12-16)15-9-4-3-5-10-15/h3-12H,1-2H3. The molecule has 3 aromatic rings. The Morgan fingerprint density at radius 2 is 1.48 bits per heavy atom. The topological polar surface area (TPSA) is 52.1 Å². The zero-order valence-electron chi connectivity index (χ0n) is 13.0. The van der Waals surface area contributed by atoms with Crippen LogP contribution in [0.3, 0.4) is 0 Å². The number of benzene rings is 2. The third-order valence-corrected chi connectivity index (χ3v) is 3.52. The van der Waals surface area contributed by atoms with Crippen molar-refractivity contribution in [2.45, 2.75) is 13.8 Å². The van der Waals surface area contributed by atoms with E-state index in [0.29, 0.717) is 17.1 Å². The van der Waals surface area contributed by atoms with Crippen molar-refractivity contribution in [2.24, 2.45) is 0 Å². The summed E-state index contributed by atoms with van der Waals surface area (Å²) in [6, 6.07) is 15.4. The first kappa shape index (κ1) is 14.9. The molecule has 0 amide bonds. The molecule has 0 saturated carbocycles. The third-order valence-electron chi connectivity index (χ3n) is 3.52. The average molecular weight is 304 g/mol. The summed E-state index contributed by atoms with van der Waals surface area (Å²) in [6.45, 7) is 3.81. The second kappa shape index (κ2) is 6.40. The molecule has 3 rings (SSSR count). The Hall–Kier alpha value is -3.01. The lowest BCUT2D eigenvalue weighted by Gasteiger charge is -2.10. The van der Waals surface area contributed by atoms with E-state index in [1.54, 1.807) is 0 Å². The van der Waals surface area contributed by atoms with E-state index < -0.39 is 5.97 Å². The predicted molar refractivity (Wildman–Crippen MR) is 88.3 cm³/mol. The van der Waals surface area contributed by atoms with E-state index in [2.05, 4.69) is 9.97 Å². The van der Waals surface area contributed by atoms with Gasteiger partial charge < -0.3 is 4.74 Å². The Balaban J connectivity index is 1.81. The Kier molecular flexibility index (Phi) is 4.15. The molecule has 0 atom stereocenters. The minimum absolute atomic E-state index is 0.326. The van der Waals surface area contributed by atoms with E-state index in [-0.39, 0.29) is 0 Å². The monoisotopic (exact) mass is 304 g/mol.